The van der Waals surface area contributed by atoms with E-state index in [0.717, 1.165) is 0 Å². The molecule has 2 rings (SSSR count). The molecule has 0 aliphatic carbocycles. The van der Waals surface area contributed by atoms with Crippen LogP contribution in [0.2, 0.25) is 0 Å². The smallest absolute Gasteiger partial charge is 0.169 e. The molecule has 0 saturated heterocycles. The monoisotopic (exact) mass is 232 g/mol. The molecule has 0 heterocycles. The van der Waals surface area contributed by atoms with Crippen LogP contribution in [0.1, 0.15) is 0 Å². The predicted molar refractivity (Wildman–Crippen MR) is 62.8 cm³/mol. The number of para-hydroxylation sites is 2. The Balaban J connectivity index is 2.28. The molecule has 2 N–H and O–H groups in total. The van der Waals surface area contributed by atoms with Crippen LogP contribution in [0.3, 0.4) is 0 Å². The Bertz CT molecular complexity index is 523. The van der Waals surface area contributed by atoms with Crippen molar-refractivity contribution < 1.29 is 19.7 Å². The molecule has 2 aromatic rings. The maximum absolute atomic E-state index is 9.34. The number of methoxy groups -OCH3 is 1. The van der Waals surface area contributed by atoms with Gasteiger partial charge in [-0.1, -0.05) is 12.1 Å². The van der Waals surface area contributed by atoms with Crippen LogP contribution in [0.15, 0.2) is 42.5 Å². The van der Waals surface area contributed by atoms with E-state index in [1.54, 1.807) is 25.3 Å². The number of ether oxygens (including phenoxy) is 2. The highest BCUT2D eigenvalue weighted by molar-refractivity contribution is 5.47. The lowest BCUT2D eigenvalue weighted by Crippen LogP contribution is -1.89. The fourth-order valence-electron chi connectivity index (χ4n) is 1.40. The molecule has 0 unspecified atom stereocenters. The van der Waals surface area contributed by atoms with E-state index in [1.165, 1.54) is 12.1 Å². The van der Waals surface area contributed by atoms with Crippen molar-refractivity contribution in [2.45, 2.75) is 0 Å². The van der Waals surface area contributed by atoms with Gasteiger partial charge < -0.3 is 19.7 Å². The highest BCUT2D eigenvalue weighted by Gasteiger charge is 2.06. The number of phenolic OH excluding ortho intramolecular Hbond substituents is 2. The van der Waals surface area contributed by atoms with E-state index in [4.69, 9.17) is 9.47 Å². The summed E-state index contributed by atoms with van der Waals surface area (Å²) in [5.41, 5.74) is 0. The average Bonchev–Trinajstić information content (AvgIpc) is 2.34. The zero-order chi connectivity index (χ0) is 12.3. The molecule has 0 amide bonds. The van der Waals surface area contributed by atoms with Crippen LogP contribution in [-0.2, 0) is 0 Å². The van der Waals surface area contributed by atoms with Crippen LogP contribution in [0.5, 0.6) is 28.7 Å². The molecule has 4 nitrogen and oxygen atoms in total. The Kier molecular flexibility index (Phi) is 3.05. The van der Waals surface area contributed by atoms with Gasteiger partial charge in [0.2, 0.25) is 0 Å². The third kappa shape index (κ3) is 2.42. The van der Waals surface area contributed by atoms with Crippen LogP contribution >= 0.6 is 0 Å². The number of phenols is 2. The summed E-state index contributed by atoms with van der Waals surface area (Å²) in [6.45, 7) is 0. The van der Waals surface area contributed by atoms with Gasteiger partial charge in [-0.25, -0.2) is 0 Å². The van der Waals surface area contributed by atoms with Crippen molar-refractivity contribution in [2.75, 3.05) is 7.11 Å². The Morgan fingerprint density at radius 1 is 0.882 bits per heavy atom. The van der Waals surface area contributed by atoms with Crippen molar-refractivity contribution >= 4 is 0 Å². The van der Waals surface area contributed by atoms with Gasteiger partial charge in [0, 0.05) is 6.07 Å². The van der Waals surface area contributed by atoms with Crippen LogP contribution in [0.25, 0.3) is 0 Å². The quantitative estimate of drug-likeness (QED) is 0.799. The van der Waals surface area contributed by atoms with Crippen LogP contribution < -0.4 is 9.47 Å². The van der Waals surface area contributed by atoms with Gasteiger partial charge in [0.05, 0.1) is 7.11 Å². The minimum absolute atomic E-state index is 0.183. The first-order chi connectivity index (χ1) is 8.20. The standard InChI is InChI=1S/C13H12O4/c1-16-12-4-2-3-5-13(12)17-9-6-7-10(14)11(15)8-9/h2-8,14-15H,1H3. The second-order valence-electron chi connectivity index (χ2n) is 3.40. The number of aromatic hydroxyl groups is 2. The fraction of sp³-hybridized carbons (Fsp3) is 0.0769. The molecular formula is C13H12O4. The summed E-state index contributed by atoms with van der Waals surface area (Å²) in [5.74, 6) is 1.15. The highest BCUT2D eigenvalue weighted by atomic mass is 16.5. The zero-order valence-electron chi connectivity index (χ0n) is 9.25. The normalized spacial score (nSPS) is 9.94. The van der Waals surface area contributed by atoms with Gasteiger partial charge in [0.1, 0.15) is 5.75 Å². The van der Waals surface area contributed by atoms with Crippen molar-refractivity contribution in [3.63, 3.8) is 0 Å². The summed E-state index contributed by atoms with van der Waals surface area (Å²) in [7, 11) is 1.55. The number of hydrogen-bond acceptors (Lipinski definition) is 4. The molecule has 0 aromatic heterocycles. The maximum Gasteiger partial charge on any atom is 0.169 e. The number of rotatable bonds is 3. The molecule has 0 aliphatic rings. The fourth-order valence-corrected chi connectivity index (χ4v) is 1.40. The molecule has 0 radical (unpaired) electrons. The Morgan fingerprint density at radius 2 is 1.59 bits per heavy atom. The second-order valence-corrected chi connectivity index (χ2v) is 3.40. The topological polar surface area (TPSA) is 58.9 Å². The molecule has 88 valence electrons. The highest BCUT2D eigenvalue weighted by Crippen LogP contribution is 2.34. The lowest BCUT2D eigenvalue weighted by Gasteiger charge is -2.10. The van der Waals surface area contributed by atoms with Gasteiger partial charge in [-0.2, -0.15) is 0 Å². The van der Waals surface area contributed by atoms with E-state index in [-0.39, 0.29) is 11.5 Å². The van der Waals surface area contributed by atoms with Crippen LogP contribution in [0.4, 0.5) is 0 Å². The molecule has 0 atom stereocenters. The first kappa shape index (κ1) is 11.1. The van der Waals surface area contributed by atoms with E-state index < -0.39 is 0 Å². The van der Waals surface area contributed by atoms with Gasteiger partial charge in [-0.15, -0.1) is 0 Å². The number of benzene rings is 2. The Morgan fingerprint density at radius 3 is 2.24 bits per heavy atom. The molecule has 4 heteroatoms. The lowest BCUT2D eigenvalue weighted by molar-refractivity contribution is 0.374. The van der Waals surface area contributed by atoms with Crippen molar-refractivity contribution in [1.29, 1.82) is 0 Å². The average molecular weight is 232 g/mol. The molecule has 17 heavy (non-hydrogen) atoms. The van der Waals surface area contributed by atoms with Gasteiger partial charge in [0.25, 0.3) is 0 Å². The van der Waals surface area contributed by atoms with E-state index in [0.29, 0.717) is 17.2 Å². The molecule has 0 spiro atoms. The first-order valence-electron chi connectivity index (χ1n) is 5.03. The Labute approximate surface area is 98.7 Å². The van der Waals surface area contributed by atoms with E-state index in [2.05, 4.69) is 0 Å². The van der Waals surface area contributed by atoms with Crippen molar-refractivity contribution in [2.24, 2.45) is 0 Å². The van der Waals surface area contributed by atoms with E-state index in [1.807, 2.05) is 12.1 Å². The van der Waals surface area contributed by atoms with E-state index in [9.17, 15) is 10.2 Å². The summed E-state index contributed by atoms with van der Waals surface area (Å²) < 4.78 is 10.7. The van der Waals surface area contributed by atoms with Crippen LogP contribution in [0, 0.1) is 0 Å². The summed E-state index contributed by atoms with van der Waals surface area (Å²) in [4.78, 5) is 0. The molecule has 0 fully saturated rings. The van der Waals surface area contributed by atoms with Crippen molar-refractivity contribution in [3.05, 3.63) is 42.5 Å². The first-order valence-corrected chi connectivity index (χ1v) is 5.03. The number of hydrogen-bond donors (Lipinski definition) is 2. The summed E-state index contributed by atoms with van der Waals surface area (Å²) in [6, 6.07) is 11.4. The Hall–Kier alpha value is -2.36. The molecule has 0 bridgehead atoms. The molecule has 0 saturated carbocycles. The third-order valence-corrected chi connectivity index (χ3v) is 2.24. The largest absolute Gasteiger partial charge is 0.504 e. The molecule has 0 aliphatic heterocycles. The summed E-state index contributed by atoms with van der Waals surface area (Å²) >= 11 is 0. The minimum atomic E-state index is -0.225. The molecule has 2 aromatic carbocycles. The van der Waals surface area contributed by atoms with E-state index >= 15 is 0 Å². The van der Waals surface area contributed by atoms with Gasteiger partial charge in [0.15, 0.2) is 23.0 Å². The van der Waals surface area contributed by atoms with Crippen molar-refractivity contribution in [1.82, 2.24) is 0 Å². The predicted octanol–water partition coefficient (Wildman–Crippen LogP) is 2.90. The van der Waals surface area contributed by atoms with Crippen LogP contribution in [-0.4, -0.2) is 17.3 Å². The van der Waals surface area contributed by atoms with Crippen molar-refractivity contribution in [3.8, 4) is 28.7 Å². The maximum atomic E-state index is 9.34. The molecular weight excluding hydrogens is 220 g/mol. The second kappa shape index (κ2) is 4.65. The lowest BCUT2D eigenvalue weighted by atomic mass is 10.3. The summed E-state index contributed by atoms with van der Waals surface area (Å²) in [6.07, 6.45) is 0. The van der Waals surface area contributed by atoms with Gasteiger partial charge in [-0.05, 0) is 24.3 Å². The minimum Gasteiger partial charge on any atom is -0.504 e. The SMILES string of the molecule is COc1ccccc1Oc1ccc(O)c(O)c1. The van der Waals surface area contributed by atoms with Gasteiger partial charge >= 0.3 is 0 Å². The third-order valence-electron chi connectivity index (χ3n) is 2.24. The summed E-state index contributed by atoms with van der Waals surface area (Å²) in [5, 5.41) is 18.5. The zero-order valence-corrected chi connectivity index (χ0v) is 9.25. The van der Waals surface area contributed by atoms with Gasteiger partial charge in [-0.3, -0.25) is 0 Å².